The van der Waals surface area contributed by atoms with Crippen molar-refractivity contribution in [1.29, 1.82) is 0 Å². The fourth-order valence-corrected chi connectivity index (χ4v) is 3.90. The van der Waals surface area contributed by atoms with E-state index in [1.54, 1.807) is 0 Å². The summed E-state index contributed by atoms with van der Waals surface area (Å²) in [6.07, 6.45) is 35.7. The van der Waals surface area contributed by atoms with Gasteiger partial charge in [0.05, 0.1) is 6.10 Å². The van der Waals surface area contributed by atoms with E-state index in [-0.39, 0.29) is 6.10 Å². The Morgan fingerprint density at radius 3 is 1.17 bits per heavy atom. The molecule has 1 heteroatoms. The Morgan fingerprint density at radius 1 is 0.467 bits per heavy atom. The van der Waals surface area contributed by atoms with Crippen LogP contribution in [-0.4, -0.2) is 11.2 Å². The van der Waals surface area contributed by atoms with Gasteiger partial charge in [0.1, 0.15) is 0 Å². The lowest BCUT2D eigenvalue weighted by molar-refractivity contribution is 0.0908. The molecule has 0 aliphatic rings. The van der Waals surface area contributed by atoms with Crippen molar-refractivity contribution in [2.45, 2.75) is 142 Å². The molecule has 0 aromatic carbocycles. The minimum Gasteiger partial charge on any atom is -0.393 e. The Hall–Kier alpha value is -0.820. The molecule has 30 heavy (non-hydrogen) atoms. The molecule has 0 rings (SSSR count). The van der Waals surface area contributed by atoms with E-state index >= 15 is 0 Å². The fraction of sp³-hybridized carbons (Fsp3) is 0.793. The molecule has 0 heterocycles. The second-order valence-electron chi connectivity index (χ2n) is 8.96. The molecule has 0 aromatic rings. The van der Waals surface area contributed by atoms with Gasteiger partial charge in [-0.15, -0.1) is 0 Å². The first kappa shape index (κ1) is 29.2. The van der Waals surface area contributed by atoms with Gasteiger partial charge in [-0.05, 0) is 83.0 Å². The van der Waals surface area contributed by atoms with Crippen molar-refractivity contribution in [3.63, 3.8) is 0 Å². The molecular formula is C29H54O. The molecule has 0 aliphatic heterocycles. The minimum atomic E-state index is -0.160. The molecule has 1 nitrogen and oxygen atoms in total. The van der Waals surface area contributed by atoms with E-state index in [0.29, 0.717) is 5.92 Å². The number of aliphatic hydroxyl groups excluding tert-OH is 1. The van der Waals surface area contributed by atoms with Crippen LogP contribution in [0.15, 0.2) is 36.5 Å². The van der Waals surface area contributed by atoms with Gasteiger partial charge >= 0.3 is 0 Å². The third-order valence-corrected chi connectivity index (χ3v) is 6.00. The maximum absolute atomic E-state index is 10.8. The van der Waals surface area contributed by atoms with Crippen LogP contribution in [0.3, 0.4) is 0 Å². The summed E-state index contributed by atoms with van der Waals surface area (Å²) in [6, 6.07) is 0. The maximum Gasteiger partial charge on any atom is 0.0571 e. The van der Waals surface area contributed by atoms with Crippen LogP contribution in [0.5, 0.6) is 0 Å². The van der Waals surface area contributed by atoms with Gasteiger partial charge in [-0.3, -0.25) is 0 Å². The van der Waals surface area contributed by atoms with Crippen LogP contribution < -0.4 is 0 Å². The van der Waals surface area contributed by atoms with Crippen molar-refractivity contribution in [3.8, 4) is 0 Å². The monoisotopic (exact) mass is 418 g/mol. The summed E-state index contributed by atoms with van der Waals surface area (Å²) in [7, 11) is 0. The largest absolute Gasteiger partial charge is 0.393 e. The van der Waals surface area contributed by atoms with E-state index in [9.17, 15) is 5.11 Å². The van der Waals surface area contributed by atoms with Gasteiger partial charge in [0.2, 0.25) is 0 Å². The average molecular weight is 419 g/mol. The standard InChI is InChI=1S/C29H54O/c1-4-7-10-13-16-19-22-25-28(26-23-20-17-14-11-8-5-2)29(30)27-24-21-18-15-12-9-6-3/h16-21,28-30H,4-15,22-27H2,1-3H3. The van der Waals surface area contributed by atoms with E-state index in [1.807, 2.05) is 0 Å². The van der Waals surface area contributed by atoms with E-state index < -0.39 is 0 Å². The van der Waals surface area contributed by atoms with Crippen molar-refractivity contribution in [2.24, 2.45) is 5.92 Å². The Labute approximate surface area is 190 Å². The van der Waals surface area contributed by atoms with Gasteiger partial charge in [-0.25, -0.2) is 0 Å². The highest BCUT2D eigenvalue weighted by Gasteiger charge is 2.17. The molecule has 0 saturated heterocycles. The van der Waals surface area contributed by atoms with Gasteiger partial charge in [0.25, 0.3) is 0 Å². The van der Waals surface area contributed by atoms with Gasteiger partial charge in [-0.2, -0.15) is 0 Å². The maximum atomic E-state index is 10.8. The second-order valence-corrected chi connectivity index (χ2v) is 8.96. The number of unbranched alkanes of at least 4 members (excludes halogenated alkanes) is 9. The molecule has 176 valence electrons. The van der Waals surface area contributed by atoms with Gasteiger partial charge in [0.15, 0.2) is 0 Å². The van der Waals surface area contributed by atoms with Crippen LogP contribution in [0.2, 0.25) is 0 Å². The van der Waals surface area contributed by atoms with E-state index in [1.165, 1.54) is 77.0 Å². The van der Waals surface area contributed by atoms with Gasteiger partial charge in [-0.1, -0.05) is 95.8 Å². The topological polar surface area (TPSA) is 20.2 Å². The van der Waals surface area contributed by atoms with E-state index in [2.05, 4.69) is 57.2 Å². The number of aliphatic hydroxyl groups is 1. The normalized spacial score (nSPS) is 14.4. The van der Waals surface area contributed by atoms with E-state index in [4.69, 9.17) is 0 Å². The molecule has 1 unspecified atom stereocenters. The first-order valence-electron chi connectivity index (χ1n) is 13.4. The Morgan fingerprint density at radius 2 is 0.800 bits per heavy atom. The SMILES string of the molecule is CCCCCC=CCCC(O)C(CCC=CCCCCC)CCC=CCCCCC. The van der Waals surface area contributed by atoms with E-state index in [0.717, 1.165) is 38.5 Å². The van der Waals surface area contributed by atoms with Gasteiger partial charge < -0.3 is 5.11 Å². The van der Waals surface area contributed by atoms with Crippen molar-refractivity contribution >= 4 is 0 Å². The summed E-state index contributed by atoms with van der Waals surface area (Å²) >= 11 is 0. The van der Waals surface area contributed by atoms with Crippen molar-refractivity contribution in [2.75, 3.05) is 0 Å². The summed E-state index contributed by atoms with van der Waals surface area (Å²) in [5.41, 5.74) is 0. The van der Waals surface area contributed by atoms with Crippen LogP contribution >= 0.6 is 0 Å². The lowest BCUT2D eigenvalue weighted by atomic mass is 9.89. The fourth-order valence-electron chi connectivity index (χ4n) is 3.90. The first-order chi connectivity index (χ1) is 14.8. The second kappa shape index (κ2) is 24.4. The summed E-state index contributed by atoms with van der Waals surface area (Å²) < 4.78 is 0. The first-order valence-corrected chi connectivity index (χ1v) is 13.4. The van der Waals surface area contributed by atoms with Crippen LogP contribution in [0, 0.1) is 5.92 Å². The van der Waals surface area contributed by atoms with Gasteiger partial charge in [0, 0.05) is 0 Å². The average Bonchev–Trinajstić information content (AvgIpc) is 2.75. The molecule has 0 aromatic heterocycles. The molecule has 0 amide bonds. The zero-order chi connectivity index (χ0) is 22.1. The summed E-state index contributed by atoms with van der Waals surface area (Å²) in [6.45, 7) is 6.77. The predicted molar refractivity (Wildman–Crippen MR) is 137 cm³/mol. The Bertz CT molecular complexity index is 383. The highest BCUT2D eigenvalue weighted by atomic mass is 16.3. The summed E-state index contributed by atoms with van der Waals surface area (Å²) in [5.74, 6) is 0.430. The van der Waals surface area contributed by atoms with Crippen LogP contribution in [0.4, 0.5) is 0 Å². The highest BCUT2D eigenvalue weighted by molar-refractivity contribution is 4.88. The third-order valence-electron chi connectivity index (χ3n) is 6.00. The minimum absolute atomic E-state index is 0.160. The lowest BCUT2D eigenvalue weighted by Gasteiger charge is -2.22. The third kappa shape index (κ3) is 20.5. The lowest BCUT2D eigenvalue weighted by Crippen LogP contribution is -2.20. The summed E-state index contributed by atoms with van der Waals surface area (Å²) in [4.78, 5) is 0. The highest BCUT2D eigenvalue weighted by Crippen LogP contribution is 2.22. The van der Waals surface area contributed by atoms with Crippen LogP contribution in [0.25, 0.3) is 0 Å². The molecule has 1 atom stereocenters. The molecule has 0 spiro atoms. The number of rotatable bonds is 22. The zero-order valence-electron chi connectivity index (χ0n) is 20.8. The van der Waals surface area contributed by atoms with Crippen molar-refractivity contribution in [3.05, 3.63) is 36.5 Å². The van der Waals surface area contributed by atoms with Crippen LogP contribution in [-0.2, 0) is 0 Å². The van der Waals surface area contributed by atoms with Crippen LogP contribution in [0.1, 0.15) is 136 Å². The predicted octanol–water partition coefficient (Wildman–Crippen LogP) is 9.71. The molecule has 0 radical (unpaired) electrons. The Balaban J connectivity index is 4.28. The molecule has 1 N–H and O–H groups in total. The number of hydrogen-bond acceptors (Lipinski definition) is 1. The molecular weight excluding hydrogens is 364 g/mol. The van der Waals surface area contributed by atoms with Crippen molar-refractivity contribution < 1.29 is 5.11 Å². The quantitative estimate of drug-likeness (QED) is 0.137. The molecule has 0 bridgehead atoms. The molecule has 0 aliphatic carbocycles. The Kier molecular flexibility index (Phi) is 23.8. The zero-order valence-corrected chi connectivity index (χ0v) is 20.8. The number of allylic oxidation sites excluding steroid dienone is 6. The molecule has 0 saturated carbocycles. The van der Waals surface area contributed by atoms with Crippen molar-refractivity contribution in [1.82, 2.24) is 0 Å². The number of hydrogen-bond donors (Lipinski definition) is 1. The smallest absolute Gasteiger partial charge is 0.0571 e. The summed E-state index contributed by atoms with van der Waals surface area (Å²) in [5, 5.41) is 10.8. The molecule has 0 fully saturated rings.